The number of carbonyl (C=O) groups is 2. The predicted molar refractivity (Wildman–Crippen MR) is 79.2 cm³/mol. The van der Waals surface area contributed by atoms with E-state index in [4.69, 9.17) is 9.47 Å². The number of nitrogens with zero attached hydrogens (tertiary/aromatic N) is 2. The topological polar surface area (TPSA) is 62.4 Å². The van der Waals surface area contributed by atoms with Crippen LogP contribution in [-0.2, 0) is 19.1 Å². The average molecular weight is 296 g/mol. The van der Waals surface area contributed by atoms with Crippen LogP contribution in [0.25, 0.3) is 0 Å². The van der Waals surface area contributed by atoms with E-state index < -0.39 is 0 Å². The summed E-state index contributed by atoms with van der Waals surface area (Å²) in [6.07, 6.45) is 5.91. The molecule has 1 atom stereocenters. The fraction of sp³-hybridized carbons (Fsp3) is 0.600. The van der Waals surface area contributed by atoms with E-state index in [0.717, 1.165) is 45.6 Å². The second-order valence-electron chi connectivity index (χ2n) is 5.25. The molecule has 2 heterocycles. The molecule has 6 heteroatoms. The molecule has 0 aliphatic carbocycles. The summed E-state index contributed by atoms with van der Waals surface area (Å²) >= 11 is 0. The molecular formula is C15H24N2O4. The summed E-state index contributed by atoms with van der Waals surface area (Å²) in [6.45, 7) is 12.8. The van der Waals surface area contributed by atoms with Crippen molar-refractivity contribution >= 4 is 12.8 Å². The van der Waals surface area contributed by atoms with Crippen LogP contribution >= 0.6 is 0 Å². The minimum absolute atomic E-state index is 0.190. The van der Waals surface area contributed by atoms with Gasteiger partial charge in [-0.2, -0.15) is 0 Å². The van der Waals surface area contributed by atoms with Crippen LogP contribution in [0.15, 0.2) is 25.6 Å². The standard InChI is InChI=1S/C9H15NO2.C6H9NO2/c1-3-9(6-12-7-9)5-10(4-2)8-11;1-2-7(5-8)3-6-4-9-6/h4,8H,2-3,5-7H2,1H3;2,5-6H,1,3-4H2. The SMILES string of the molecule is C=CN(C=O)CC1(CC)COC1.C=CN(C=O)CC1CO1. The van der Waals surface area contributed by atoms with E-state index in [1.165, 1.54) is 11.1 Å². The van der Waals surface area contributed by atoms with Crippen molar-refractivity contribution in [2.75, 3.05) is 32.9 Å². The quantitative estimate of drug-likeness (QED) is 0.470. The highest BCUT2D eigenvalue weighted by Crippen LogP contribution is 2.31. The van der Waals surface area contributed by atoms with Crippen LogP contribution in [0.2, 0.25) is 0 Å². The largest absolute Gasteiger partial charge is 0.380 e. The first kappa shape index (κ1) is 17.4. The molecule has 1 unspecified atom stereocenters. The molecule has 2 fully saturated rings. The minimum Gasteiger partial charge on any atom is -0.380 e. The molecule has 0 aromatic heterocycles. The van der Waals surface area contributed by atoms with Crippen LogP contribution in [-0.4, -0.2) is 61.6 Å². The maximum absolute atomic E-state index is 10.5. The van der Waals surface area contributed by atoms with Gasteiger partial charge in [0.2, 0.25) is 12.8 Å². The number of hydrogen-bond donors (Lipinski definition) is 0. The Kier molecular flexibility index (Phi) is 7.11. The van der Waals surface area contributed by atoms with E-state index in [1.807, 2.05) is 0 Å². The van der Waals surface area contributed by atoms with Crippen LogP contribution in [0.3, 0.4) is 0 Å². The first-order valence-corrected chi connectivity index (χ1v) is 6.99. The van der Waals surface area contributed by atoms with Gasteiger partial charge in [0.05, 0.1) is 32.5 Å². The Bertz CT molecular complexity index is 343. The zero-order valence-electron chi connectivity index (χ0n) is 12.6. The van der Waals surface area contributed by atoms with Gasteiger partial charge in [-0.3, -0.25) is 9.59 Å². The third-order valence-electron chi connectivity index (χ3n) is 3.64. The van der Waals surface area contributed by atoms with Crippen molar-refractivity contribution in [1.29, 1.82) is 0 Å². The van der Waals surface area contributed by atoms with Gasteiger partial charge in [-0.25, -0.2) is 0 Å². The number of amides is 2. The molecule has 0 spiro atoms. The fourth-order valence-electron chi connectivity index (χ4n) is 1.90. The Morgan fingerprint density at radius 1 is 1.19 bits per heavy atom. The number of carbonyl (C=O) groups excluding carboxylic acids is 2. The van der Waals surface area contributed by atoms with Gasteiger partial charge in [-0.15, -0.1) is 0 Å². The lowest BCUT2D eigenvalue weighted by Gasteiger charge is -2.42. The lowest BCUT2D eigenvalue weighted by atomic mass is 9.83. The summed E-state index contributed by atoms with van der Waals surface area (Å²) < 4.78 is 10.0. The van der Waals surface area contributed by atoms with Crippen molar-refractivity contribution in [3.05, 3.63) is 25.6 Å². The zero-order chi connectivity index (χ0) is 15.7. The Labute approximate surface area is 126 Å². The summed E-state index contributed by atoms with van der Waals surface area (Å²) in [5, 5.41) is 0. The second-order valence-corrected chi connectivity index (χ2v) is 5.25. The van der Waals surface area contributed by atoms with Crippen LogP contribution in [0, 0.1) is 5.41 Å². The molecule has 2 aliphatic heterocycles. The molecule has 0 aromatic rings. The first-order valence-electron chi connectivity index (χ1n) is 6.99. The van der Waals surface area contributed by atoms with Gasteiger partial charge < -0.3 is 19.3 Å². The van der Waals surface area contributed by atoms with Crippen LogP contribution in [0.1, 0.15) is 13.3 Å². The normalized spacial score (nSPS) is 20.9. The summed E-state index contributed by atoms with van der Waals surface area (Å²) in [6, 6.07) is 0. The molecule has 6 nitrogen and oxygen atoms in total. The van der Waals surface area contributed by atoms with Crippen molar-refractivity contribution in [3.8, 4) is 0 Å². The van der Waals surface area contributed by atoms with E-state index in [0.29, 0.717) is 6.54 Å². The highest BCUT2D eigenvalue weighted by Gasteiger charge is 2.37. The molecule has 2 aliphatic rings. The van der Waals surface area contributed by atoms with E-state index in [1.54, 1.807) is 11.1 Å². The van der Waals surface area contributed by atoms with Crippen molar-refractivity contribution in [1.82, 2.24) is 9.80 Å². The Hall–Kier alpha value is -1.66. The second kappa shape index (κ2) is 8.59. The van der Waals surface area contributed by atoms with Gasteiger partial charge in [0.25, 0.3) is 0 Å². The molecule has 21 heavy (non-hydrogen) atoms. The van der Waals surface area contributed by atoms with E-state index in [-0.39, 0.29) is 11.5 Å². The van der Waals surface area contributed by atoms with Gasteiger partial charge in [-0.05, 0) is 18.8 Å². The molecule has 0 N–H and O–H groups in total. The Balaban J connectivity index is 0.000000219. The number of ether oxygens (including phenoxy) is 2. The van der Waals surface area contributed by atoms with Gasteiger partial charge >= 0.3 is 0 Å². The van der Waals surface area contributed by atoms with Crippen molar-refractivity contribution in [3.63, 3.8) is 0 Å². The molecule has 2 rings (SSSR count). The van der Waals surface area contributed by atoms with E-state index in [9.17, 15) is 9.59 Å². The van der Waals surface area contributed by atoms with Crippen LogP contribution in [0.5, 0.6) is 0 Å². The molecule has 118 valence electrons. The third-order valence-corrected chi connectivity index (χ3v) is 3.64. The maximum Gasteiger partial charge on any atom is 0.213 e. The fourth-order valence-corrected chi connectivity index (χ4v) is 1.90. The molecule has 2 saturated heterocycles. The van der Waals surface area contributed by atoms with Crippen molar-refractivity contribution in [2.24, 2.45) is 5.41 Å². The zero-order valence-corrected chi connectivity index (χ0v) is 12.6. The number of epoxide rings is 1. The summed E-state index contributed by atoms with van der Waals surface area (Å²) in [4.78, 5) is 23.6. The van der Waals surface area contributed by atoms with E-state index in [2.05, 4.69) is 20.1 Å². The lowest BCUT2D eigenvalue weighted by Crippen LogP contribution is -2.49. The average Bonchev–Trinajstić information content (AvgIpc) is 3.29. The van der Waals surface area contributed by atoms with Crippen molar-refractivity contribution in [2.45, 2.75) is 19.4 Å². The minimum atomic E-state index is 0.190. The first-order chi connectivity index (χ1) is 10.1. The van der Waals surface area contributed by atoms with Gasteiger partial charge in [0.15, 0.2) is 0 Å². The van der Waals surface area contributed by atoms with Crippen LogP contribution in [0.4, 0.5) is 0 Å². The molecule has 0 aromatic carbocycles. The highest BCUT2D eigenvalue weighted by molar-refractivity contribution is 5.49. The maximum atomic E-state index is 10.5. The Morgan fingerprint density at radius 3 is 2.05 bits per heavy atom. The molecule has 2 amide bonds. The predicted octanol–water partition coefficient (Wildman–Crippen LogP) is 1.00. The highest BCUT2D eigenvalue weighted by atomic mass is 16.6. The number of hydrogen-bond acceptors (Lipinski definition) is 4. The van der Waals surface area contributed by atoms with Crippen molar-refractivity contribution < 1.29 is 19.1 Å². The van der Waals surface area contributed by atoms with Gasteiger partial charge in [0.1, 0.15) is 0 Å². The smallest absolute Gasteiger partial charge is 0.213 e. The van der Waals surface area contributed by atoms with Crippen LogP contribution < -0.4 is 0 Å². The molecular weight excluding hydrogens is 272 g/mol. The van der Waals surface area contributed by atoms with E-state index >= 15 is 0 Å². The third kappa shape index (κ3) is 5.69. The van der Waals surface area contributed by atoms with Gasteiger partial charge in [0, 0.05) is 12.0 Å². The molecule has 0 saturated carbocycles. The van der Waals surface area contributed by atoms with Gasteiger partial charge in [-0.1, -0.05) is 20.1 Å². The monoisotopic (exact) mass is 296 g/mol. The molecule has 0 radical (unpaired) electrons. The number of rotatable bonds is 9. The summed E-state index contributed by atoms with van der Waals surface area (Å²) in [5.41, 5.74) is 0.190. The summed E-state index contributed by atoms with van der Waals surface area (Å²) in [7, 11) is 0. The molecule has 0 bridgehead atoms. The summed E-state index contributed by atoms with van der Waals surface area (Å²) in [5.74, 6) is 0. The lowest BCUT2D eigenvalue weighted by molar-refractivity contribution is -0.135. The Morgan fingerprint density at radius 2 is 1.76 bits per heavy atom.